The standard InChI is InChI=1S/C11H13NO2/c13-11(14-10-7-12-8-10)6-9-4-2-1-3-5-9/h1-5,10,12H,6-8H2. The first-order valence-corrected chi connectivity index (χ1v) is 4.79. The quantitative estimate of drug-likeness (QED) is 0.716. The average Bonchev–Trinajstić information content (AvgIpc) is 2.13. The summed E-state index contributed by atoms with van der Waals surface area (Å²) in [6, 6.07) is 9.65. The molecule has 14 heavy (non-hydrogen) atoms. The van der Waals surface area contributed by atoms with E-state index in [1.165, 1.54) is 0 Å². The van der Waals surface area contributed by atoms with Gasteiger partial charge in [-0.25, -0.2) is 0 Å². The molecule has 3 heteroatoms. The average molecular weight is 191 g/mol. The van der Waals surface area contributed by atoms with Crippen molar-refractivity contribution >= 4 is 5.97 Å². The summed E-state index contributed by atoms with van der Waals surface area (Å²) in [5, 5.41) is 3.05. The van der Waals surface area contributed by atoms with E-state index in [2.05, 4.69) is 5.32 Å². The van der Waals surface area contributed by atoms with Crippen LogP contribution in [0.25, 0.3) is 0 Å². The minimum atomic E-state index is -0.136. The molecule has 0 bridgehead atoms. The van der Waals surface area contributed by atoms with Gasteiger partial charge >= 0.3 is 5.97 Å². The summed E-state index contributed by atoms with van der Waals surface area (Å²) >= 11 is 0. The lowest BCUT2D eigenvalue weighted by atomic mass is 10.1. The molecule has 1 aliphatic rings. The second-order valence-corrected chi connectivity index (χ2v) is 3.43. The molecule has 0 saturated carbocycles. The fourth-order valence-electron chi connectivity index (χ4n) is 1.34. The lowest BCUT2D eigenvalue weighted by Gasteiger charge is -2.26. The van der Waals surface area contributed by atoms with Crippen molar-refractivity contribution in [2.75, 3.05) is 13.1 Å². The highest BCUT2D eigenvalue weighted by molar-refractivity contribution is 5.72. The van der Waals surface area contributed by atoms with E-state index in [-0.39, 0.29) is 12.1 Å². The largest absolute Gasteiger partial charge is 0.459 e. The molecule has 0 radical (unpaired) electrons. The van der Waals surface area contributed by atoms with Crippen molar-refractivity contribution in [3.05, 3.63) is 35.9 Å². The highest BCUT2D eigenvalue weighted by Crippen LogP contribution is 2.04. The smallest absolute Gasteiger partial charge is 0.310 e. The van der Waals surface area contributed by atoms with Crippen LogP contribution < -0.4 is 5.32 Å². The molecule has 1 saturated heterocycles. The maximum absolute atomic E-state index is 11.4. The summed E-state index contributed by atoms with van der Waals surface area (Å²) in [6.45, 7) is 1.58. The van der Waals surface area contributed by atoms with E-state index in [1.54, 1.807) is 0 Å². The molecule has 3 nitrogen and oxygen atoms in total. The number of ether oxygens (including phenoxy) is 1. The van der Waals surface area contributed by atoms with Crippen LogP contribution in [0.1, 0.15) is 5.56 Å². The van der Waals surface area contributed by atoms with Gasteiger partial charge in [0, 0.05) is 13.1 Å². The molecular formula is C11H13NO2. The van der Waals surface area contributed by atoms with Crippen LogP contribution >= 0.6 is 0 Å². The number of rotatable bonds is 3. The van der Waals surface area contributed by atoms with E-state index in [0.29, 0.717) is 6.42 Å². The van der Waals surface area contributed by atoms with Gasteiger partial charge in [0.2, 0.25) is 0 Å². The molecule has 0 unspecified atom stereocenters. The Labute approximate surface area is 83.1 Å². The molecule has 0 aromatic heterocycles. The van der Waals surface area contributed by atoms with Crippen molar-refractivity contribution in [2.24, 2.45) is 0 Å². The molecule has 0 atom stereocenters. The molecule has 2 rings (SSSR count). The van der Waals surface area contributed by atoms with Crippen molar-refractivity contribution in [3.8, 4) is 0 Å². The summed E-state index contributed by atoms with van der Waals surface area (Å²) in [6.07, 6.45) is 0.461. The predicted molar refractivity (Wildman–Crippen MR) is 52.9 cm³/mol. The van der Waals surface area contributed by atoms with Gasteiger partial charge in [0.05, 0.1) is 6.42 Å². The fraction of sp³-hybridized carbons (Fsp3) is 0.364. The first kappa shape index (κ1) is 9.21. The van der Waals surface area contributed by atoms with Gasteiger partial charge in [-0.3, -0.25) is 4.79 Å². The SMILES string of the molecule is O=C(Cc1ccccc1)OC1CNC1. The van der Waals surface area contributed by atoms with E-state index >= 15 is 0 Å². The van der Waals surface area contributed by atoms with Gasteiger partial charge in [0.25, 0.3) is 0 Å². The van der Waals surface area contributed by atoms with Gasteiger partial charge in [-0.1, -0.05) is 30.3 Å². The normalized spacial score (nSPS) is 16.0. The Morgan fingerprint density at radius 2 is 2.07 bits per heavy atom. The minimum absolute atomic E-state index is 0.0891. The van der Waals surface area contributed by atoms with Gasteiger partial charge in [-0.15, -0.1) is 0 Å². The maximum Gasteiger partial charge on any atom is 0.310 e. The summed E-state index contributed by atoms with van der Waals surface area (Å²) in [4.78, 5) is 11.4. The Bertz CT molecular complexity index is 306. The second kappa shape index (κ2) is 4.24. The molecule has 1 aromatic carbocycles. The molecule has 74 valence electrons. The highest BCUT2D eigenvalue weighted by atomic mass is 16.5. The van der Waals surface area contributed by atoms with E-state index in [0.717, 1.165) is 18.7 Å². The monoisotopic (exact) mass is 191 g/mol. The zero-order valence-corrected chi connectivity index (χ0v) is 7.90. The second-order valence-electron chi connectivity index (χ2n) is 3.43. The van der Waals surface area contributed by atoms with Gasteiger partial charge < -0.3 is 10.1 Å². The number of nitrogens with one attached hydrogen (secondary N) is 1. The lowest BCUT2D eigenvalue weighted by molar-refractivity contribution is -0.150. The molecule has 0 spiro atoms. The third-order valence-electron chi connectivity index (χ3n) is 2.23. The van der Waals surface area contributed by atoms with Crippen LogP contribution in [0.15, 0.2) is 30.3 Å². The topological polar surface area (TPSA) is 38.3 Å². The predicted octanol–water partition coefficient (Wildman–Crippen LogP) is 0.744. The molecule has 1 fully saturated rings. The first-order valence-electron chi connectivity index (χ1n) is 4.79. The Kier molecular flexibility index (Phi) is 2.79. The van der Waals surface area contributed by atoms with Crippen LogP contribution in [-0.4, -0.2) is 25.2 Å². The zero-order valence-electron chi connectivity index (χ0n) is 7.90. The summed E-state index contributed by atoms with van der Waals surface area (Å²) in [5.74, 6) is -0.136. The van der Waals surface area contributed by atoms with Gasteiger partial charge in [0.15, 0.2) is 0 Å². The number of esters is 1. The van der Waals surface area contributed by atoms with Crippen molar-refractivity contribution in [1.29, 1.82) is 0 Å². The van der Waals surface area contributed by atoms with Crippen molar-refractivity contribution in [3.63, 3.8) is 0 Å². The van der Waals surface area contributed by atoms with Crippen LogP contribution in [-0.2, 0) is 16.0 Å². The van der Waals surface area contributed by atoms with Crippen molar-refractivity contribution < 1.29 is 9.53 Å². The third kappa shape index (κ3) is 2.33. The minimum Gasteiger partial charge on any atom is -0.459 e. The van der Waals surface area contributed by atoms with Crippen LogP contribution in [0.2, 0.25) is 0 Å². The van der Waals surface area contributed by atoms with Crippen LogP contribution in [0.4, 0.5) is 0 Å². The van der Waals surface area contributed by atoms with Crippen molar-refractivity contribution in [2.45, 2.75) is 12.5 Å². The molecular weight excluding hydrogens is 178 g/mol. The summed E-state index contributed by atoms with van der Waals surface area (Å²) in [7, 11) is 0. The van der Waals surface area contributed by atoms with Crippen LogP contribution in [0, 0.1) is 0 Å². The lowest BCUT2D eigenvalue weighted by Crippen LogP contribution is -2.49. The van der Waals surface area contributed by atoms with E-state index in [4.69, 9.17) is 4.74 Å². The van der Waals surface area contributed by atoms with E-state index in [9.17, 15) is 4.79 Å². The molecule has 0 aliphatic carbocycles. The Balaban J connectivity index is 1.82. The third-order valence-corrected chi connectivity index (χ3v) is 2.23. The Hall–Kier alpha value is -1.35. The molecule has 1 aromatic rings. The Morgan fingerprint density at radius 3 is 2.64 bits per heavy atom. The van der Waals surface area contributed by atoms with Gasteiger partial charge in [-0.05, 0) is 5.56 Å². The number of carbonyl (C=O) groups is 1. The zero-order chi connectivity index (χ0) is 9.80. The van der Waals surface area contributed by atoms with E-state index in [1.807, 2.05) is 30.3 Å². The fourth-order valence-corrected chi connectivity index (χ4v) is 1.34. The number of hydrogen-bond donors (Lipinski definition) is 1. The van der Waals surface area contributed by atoms with Crippen molar-refractivity contribution in [1.82, 2.24) is 5.32 Å². The van der Waals surface area contributed by atoms with Crippen LogP contribution in [0.5, 0.6) is 0 Å². The molecule has 0 amide bonds. The van der Waals surface area contributed by atoms with Crippen LogP contribution in [0.3, 0.4) is 0 Å². The summed E-state index contributed by atoms with van der Waals surface area (Å²) < 4.78 is 5.19. The van der Waals surface area contributed by atoms with Gasteiger partial charge in [-0.2, -0.15) is 0 Å². The number of carbonyl (C=O) groups excluding carboxylic acids is 1. The molecule has 1 heterocycles. The summed E-state index contributed by atoms with van der Waals surface area (Å²) in [5.41, 5.74) is 1.00. The molecule has 1 N–H and O–H groups in total. The van der Waals surface area contributed by atoms with Gasteiger partial charge in [0.1, 0.15) is 6.10 Å². The number of benzene rings is 1. The molecule has 1 aliphatic heterocycles. The first-order chi connectivity index (χ1) is 6.84. The Morgan fingerprint density at radius 1 is 1.36 bits per heavy atom. The van der Waals surface area contributed by atoms with E-state index < -0.39 is 0 Å². The maximum atomic E-state index is 11.4. The number of hydrogen-bond acceptors (Lipinski definition) is 3. The highest BCUT2D eigenvalue weighted by Gasteiger charge is 2.20.